The Labute approximate surface area is 122 Å². The normalized spacial score (nSPS) is 11.9. The summed E-state index contributed by atoms with van der Waals surface area (Å²) < 4.78 is 54.6. The maximum Gasteiger partial charge on any atom is 0.490 e. The monoisotopic (exact) mass is 316 g/mol. The van der Waals surface area contributed by atoms with E-state index >= 15 is 0 Å². The molecule has 0 aromatic heterocycles. The quantitative estimate of drug-likeness (QED) is 0.408. The van der Waals surface area contributed by atoms with E-state index in [2.05, 4.69) is 18.6 Å². The lowest BCUT2D eigenvalue weighted by atomic mass is 10.1. The molecule has 0 radical (unpaired) electrons. The summed E-state index contributed by atoms with van der Waals surface area (Å²) >= 11 is 0. The van der Waals surface area contributed by atoms with E-state index in [1.165, 1.54) is 0 Å². The van der Waals surface area contributed by atoms with Gasteiger partial charge in [-0.25, -0.2) is 4.79 Å². The van der Waals surface area contributed by atoms with E-state index in [-0.39, 0.29) is 13.2 Å². The second kappa shape index (κ2) is 11.8. The van der Waals surface area contributed by atoms with E-state index in [1.807, 2.05) is 0 Å². The van der Waals surface area contributed by atoms with E-state index < -0.39 is 18.8 Å². The predicted octanol–water partition coefficient (Wildman–Crippen LogP) is 2.19. The van der Waals surface area contributed by atoms with Gasteiger partial charge in [-0.05, 0) is 12.3 Å². The van der Waals surface area contributed by atoms with Gasteiger partial charge in [-0.1, -0.05) is 13.8 Å². The van der Waals surface area contributed by atoms with Gasteiger partial charge in [0, 0.05) is 6.61 Å². The van der Waals surface area contributed by atoms with Crippen LogP contribution < -0.4 is 0 Å². The Bertz CT molecular complexity index is 269. The van der Waals surface area contributed by atoms with Crippen molar-refractivity contribution in [3.8, 4) is 0 Å². The SMILES string of the molecule is CC(C)CCOCCOCCOCCOC(=O)C(F)(F)F. The highest BCUT2D eigenvalue weighted by Crippen LogP contribution is 2.16. The van der Waals surface area contributed by atoms with Crippen molar-refractivity contribution in [2.45, 2.75) is 26.4 Å². The van der Waals surface area contributed by atoms with Crippen LogP contribution in [0.2, 0.25) is 0 Å². The molecular weight excluding hydrogens is 293 g/mol. The molecule has 0 amide bonds. The van der Waals surface area contributed by atoms with Gasteiger partial charge < -0.3 is 18.9 Å². The molecule has 0 rings (SSSR count). The molecule has 126 valence electrons. The lowest BCUT2D eigenvalue weighted by Crippen LogP contribution is -2.26. The van der Waals surface area contributed by atoms with Crippen molar-refractivity contribution in [3.05, 3.63) is 0 Å². The van der Waals surface area contributed by atoms with Crippen molar-refractivity contribution in [1.82, 2.24) is 0 Å². The van der Waals surface area contributed by atoms with E-state index in [9.17, 15) is 18.0 Å². The molecule has 8 heteroatoms. The molecule has 0 atom stereocenters. The maximum absolute atomic E-state index is 11.7. The number of hydrogen-bond acceptors (Lipinski definition) is 5. The molecule has 0 heterocycles. The fraction of sp³-hybridized carbons (Fsp3) is 0.923. The summed E-state index contributed by atoms with van der Waals surface area (Å²) in [5.41, 5.74) is 0. The molecule has 0 spiro atoms. The fourth-order valence-electron chi connectivity index (χ4n) is 1.14. The van der Waals surface area contributed by atoms with Crippen LogP contribution in [0.4, 0.5) is 13.2 Å². The van der Waals surface area contributed by atoms with Crippen LogP contribution in [-0.2, 0) is 23.7 Å². The summed E-state index contributed by atoms with van der Waals surface area (Å²) in [6.07, 6.45) is -3.96. The van der Waals surface area contributed by atoms with Gasteiger partial charge in [0.25, 0.3) is 0 Å². The van der Waals surface area contributed by atoms with Gasteiger partial charge in [0.1, 0.15) is 6.61 Å². The molecule has 0 aliphatic heterocycles. The van der Waals surface area contributed by atoms with Gasteiger partial charge in [-0.2, -0.15) is 13.2 Å². The van der Waals surface area contributed by atoms with Gasteiger partial charge in [-0.3, -0.25) is 0 Å². The lowest BCUT2D eigenvalue weighted by molar-refractivity contribution is -0.200. The number of alkyl halides is 3. The topological polar surface area (TPSA) is 54.0 Å². The first kappa shape index (κ1) is 20.1. The molecule has 21 heavy (non-hydrogen) atoms. The first-order valence-corrected chi connectivity index (χ1v) is 6.81. The van der Waals surface area contributed by atoms with Crippen molar-refractivity contribution >= 4 is 5.97 Å². The molecular formula is C13H23F3O5. The highest BCUT2D eigenvalue weighted by molar-refractivity contribution is 5.75. The summed E-state index contributed by atoms with van der Waals surface area (Å²) in [4.78, 5) is 10.3. The van der Waals surface area contributed by atoms with Gasteiger partial charge in [0.15, 0.2) is 0 Å². The summed E-state index contributed by atoms with van der Waals surface area (Å²) in [6.45, 7) is 5.85. The highest BCUT2D eigenvalue weighted by Gasteiger charge is 2.40. The maximum atomic E-state index is 11.7. The van der Waals surface area contributed by atoms with E-state index in [1.54, 1.807) is 0 Å². The zero-order valence-electron chi connectivity index (χ0n) is 12.4. The lowest BCUT2D eigenvalue weighted by Gasteiger charge is -2.09. The first-order valence-electron chi connectivity index (χ1n) is 6.81. The van der Waals surface area contributed by atoms with Crippen molar-refractivity contribution in [2.75, 3.05) is 46.2 Å². The van der Waals surface area contributed by atoms with Gasteiger partial charge >= 0.3 is 12.1 Å². The van der Waals surface area contributed by atoms with Crippen LogP contribution in [0, 0.1) is 5.92 Å². The zero-order valence-corrected chi connectivity index (χ0v) is 12.4. The zero-order chi connectivity index (χ0) is 16.1. The third-order valence-electron chi connectivity index (χ3n) is 2.28. The third kappa shape index (κ3) is 13.9. The Hall–Kier alpha value is -0.860. The average Bonchev–Trinajstić information content (AvgIpc) is 2.38. The first-order chi connectivity index (χ1) is 9.84. The molecule has 5 nitrogen and oxygen atoms in total. The Morgan fingerprint density at radius 1 is 0.857 bits per heavy atom. The minimum absolute atomic E-state index is 0.101. The largest absolute Gasteiger partial charge is 0.490 e. The smallest absolute Gasteiger partial charge is 0.457 e. The summed E-state index contributed by atoms with van der Waals surface area (Å²) in [5, 5.41) is 0. The molecule has 0 aromatic rings. The molecule has 0 saturated heterocycles. The van der Waals surface area contributed by atoms with Crippen molar-refractivity contribution in [3.63, 3.8) is 0 Å². The number of esters is 1. The van der Waals surface area contributed by atoms with Crippen LogP contribution in [0.3, 0.4) is 0 Å². The Balaban J connectivity index is 3.18. The minimum atomic E-state index is -4.96. The van der Waals surface area contributed by atoms with Crippen LogP contribution in [0.1, 0.15) is 20.3 Å². The van der Waals surface area contributed by atoms with Crippen LogP contribution in [-0.4, -0.2) is 58.4 Å². The second-order valence-corrected chi connectivity index (χ2v) is 4.65. The van der Waals surface area contributed by atoms with Crippen LogP contribution in [0.25, 0.3) is 0 Å². The van der Waals surface area contributed by atoms with Crippen molar-refractivity contribution < 1.29 is 36.9 Å². The average molecular weight is 316 g/mol. The van der Waals surface area contributed by atoms with E-state index in [0.717, 1.165) is 6.42 Å². The second-order valence-electron chi connectivity index (χ2n) is 4.65. The summed E-state index contributed by atoms with van der Waals surface area (Å²) in [7, 11) is 0. The molecule has 0 fully saturated rings. The Morgan fingerprint density at radius 2 is 1.29 bits per heavy atom. The predicted molar refractivity (Wildman–Crippen MR) is 68.9 cm³/mol. The molecule has 0 aromatic carbocycles. The van der Waals surface area contributed by atoms with Crippen molar-refractivity contribution in [1.29, 1.82) is 0 Å². The fourth-order valence-corrected chi connectivity index (χ4v) is 1.14. The van der Waals surface area contributed by atoms with Gasteiger partial charge in [-0.15, -0.1) is 0 Å². The van der Waals surface area contributed by atoms with Crippen LogP contribution in [0.5, 0.6) is 0 Å². The third-order valence-corrected chi connectivity index (χ3v) is 2.28. The van der Waals surface area contributed by atoms with E-state index in [4.69, 9.17) is 14.2 Å². The minimum Gasteiger partial charge on any atom is -0.457 e. The molecule has 0 saturated carbocycles. The van der Waals surface area contributed by atoms with Gasteiger partial charge in [0.2, 0.25) is 0 Å². The molecule has 0 aliphatic carbocycles. The number of halogens is 3. The number of carbonyl (C=O) groups excluding carboxylic acids is 1. The standard InChI is InChI=1S/C13H23F3O5/c1-11(2)3-4-18-5-6-19-7-8-20-9-10-21-12(17)13(14,15)16/h11H,3-10H2,1-2H3. The number of hydrogen-bond donors (Lipinski definition) is 0. The summed E-state index contributed by atoms with van der Waals surface area (Å²) in [6, 6.07) is 0. The number of rotatable bonds is 12. The molecule has 0 N–H and O–H groups in total. The Kier molecular flexibility index (Phi) is 11.3. The molecule has 0 bridgehead atoms. The molecule has 0 unspecified atom stereocenters. The summed E-state index contributed by atoms with van der Waals surface area (Å²) in [5.74, 6) is -1.60. The van der Waals surface area contributed by atoms with Crippen LogP contribution in [0.15, 0.2) is 0 Å². The van der Waals surface area contributed by atoms with Gasteiger partial charge in [0.05, 0.1) is 33.0 Å². The van der Waals surface area contributed by atoms with Crippen molar-refractivity contribution in [2.24, 2.45) is 5.92 Å². The van der Waals surface area contributed by atoms with Crippen LogP contribution >= 0.6 is 0 Å². The van der Waals surface area contributed by atoms with E-state index in [0.29, 0.717) is 32.3 Å². The number of carbonyl (C=O) groups is 1. The number of ether oxygens (including phenoxy) is 4. The Morgan fingerprint density at radius 3 is 1.71 bits per heavy atom. The molecule has 0 aliphatic rings. The highest BCUT2D eigenvalue weighted by atomic mass is 19.4.